The fourth-order valence-electron chi connectivity index (χ4n) is 1.18. The molecule has 0 saturated heterocycles. The Morgan fingerprint density at radius 3 is 2.45 bits per heavy atom. The second kappa shape index (κ2) is 4.52. The van der Waals surface area contributed by atoms with E-state index < -0.39 is 0 Å². The zero-order valence-corrected chi connectivity index (χ0v) is 8.13. The standard InChI is InChI=1S/C7H12N3Se/c8-7(11)10-9-6-4-2-1-3-5-6/h1-5H2,(H2,8,10). The van der Waals surface area contributed by atoms with Gasteiger partial charge < -0.3 is 0 Å². The number of hydrogen-bond acceptors (Lipinski definition) is 2. The van der Waals surface area contributed by atoms with E-state index in [1.54, 1.807) is 0 Å². The molecule has 0 bridgehead atoms. The summed E-state index contributed by atoms with van der Waals surface area (Å²) < 4.78 is 0.420. The molecule has 0 spiro atoms. The Kier molecular flexibility index (Phi) is 3.60. The second-order valence-electron chi connectivity index (χ2n) is 2.67. The first kappa shape index (κ1) is 8.75. The molecular formula is C7H12N3Se. The summed E-state index contributed by atoms with van der Waals surface area (Å²) in [5, 5.41) is 7.81. The Morgan fingerprint density at radius 2 is 1.91 bits per heavy atom. The SMILES string of the molecule is N/C([Se])=N/N=C1CCCCC1. The van der Waals surface area contributed by atoms with E-state index in [1.165, 1.54) is 25.0 Å². The fraction of sp³-hybridized carbons (Fsp3) is 0.714. The molecule has 0 atom stereocenters. The molecule has 1 aliphatic rings. The van der Waals surface area contributed by atoms with Crippen LogP contribution < -0.4 is 5.73 Å². The first-order valence-corrected chi connectivity index (χ1v) is 4.70. The Hall–Kier alpha value is -0.341. The van der Waals surface area contributed by atoms with Crippen LogP contribution in [-0.4, -0.2) is 26.5 Å². The van der Waals surface area contributed by atoms with E-state index in [1.807, 2.05) is 0 Å². The number of hydrogen-bond donors (Lipinski definition) is 1. The van der Waals surface area contributed by atoms with Crippen molar-refractivity contribution in [2.75, 3.05) is 0 Å². The van der Waals surface area contributed by atoms with Gasteiger partial charge in [0.05, 0.1) is 0 Å². The quantitative estimate of drug-likeness (QED) is 0.300. The Labute approximate surface area is 75.0 Å². The van der Waals surface area contributed by atoms with Crippen LogP contribution >= 0.6 is 0 Å². The third-order valence-corrected chi connectivity index (χ3v) is 1.89. The average molecular weight is 217 g/mol. The van der Waals surface area contributed by atoms with Gasteiger partial charge in [0, 0.05) is 0 Å². The Bertz CT molecular complexity index is 174. The van der Waals surface area contributed by atoms with Crippen molar-refractivity contribution < 1.29 is 0 Å². The molecule has 0 aromatic heterocycles. The van der Waals surface area contributed by atoms with Gasteiger partial charge >= 0.3 is 74.5 Å². The van der Waals surface area contributed by atoms with E-state index in [0.717, 1.165) is 12.8 Å². The number of amidine groups is 1. The van der Waals surface area contributed by atoms with Crippen LogP contribution in [0, 0.1) is 0 Å². The molecule has 1 aliphatic carbocycles. The topological polar surface area (TPSA) is 50.7 Å². The van der Waals surface area contributed by atoms with Gasteiger partial charge in [0.2, 0.25) is 0 Å². The van der Waals surface area contributed by atoms with Gasteiger partial charge in [-0.15, -0.1) is 0 Å². The van der Waals surface area contributed by atoms with E-state index >= 15 is 0 Å². The van der Waals surface area contributed by atoms with Crippen LogP contribution in [0.5, 0.6) is 0 Å². The van der Waals surface area contributed by atoms with Crippen LogP contribution in [0.1, 0.15) is 32.1 Å². The average Bonchev–Trinajstić information content (AvgIpc) is 2.03. The van der Waals surface area contributed by atoms with Gasteiger partial charge in [-0.1, -0.05) is 0 Å². The third-order valence-electron chi connectivity index (χ3n) is 1.72. The van der Waals surface area contributed by atoms with E-state index in [-0.39, 0.29) is 0 Å². The summed E-state index contributed by atoms with van der Waals surface area (Å²) in [6.45, 7) is 0. The van der Waals surface area contributed by atoms with Crippen LogP contribution in [0.4, 0.5) is 0 Å². The predicted molar refractivity (Wildman–Crippen MR) is 47.9 cm³/mol. The molecule has 0 unspecified atom stereocenters. The summed E-state index contributed by atoms with van der Waals surface area (Å²) in [5.74, 6) is 0. The van der Waals surface area contributed by atoms with E-state index in [4.69, 9.17) is 5.73 Å². The van der Waals surface area contributed by atoms with Gasteiger partial charge in [0.15, 0.2) is 0 Å². The second-order valence-corrected chi connectivity index (χ2v) is 3.54. The molecule has 3 nitrogen and oxygen atoms in total. The zero-order chi connectivity index (χ0) is 8.10. The normalized spacial score (nSPS) is 20.0. The van der Waals surface area contributed by atoms with Crippen molar-refractivity contribution in [2.24, 2.45) is 15.9 Å². The van der Waals surface area contributed by atoms with Crippen LogP contribution in [0.15, 0.2) is 10.2 Å². The van der Waals surface area contributed by atoms with Crippen LogP contribution in [0.3, 0.4) is 0 Å². The molecular weight excluding hydrogens is 205 g/mol. The van der Waals surface area contributed by atoms with Crippen molar-refractivity contribution >= 4 is 26.5 Å². The van der Waals surface area contributed by atoms with Gasteiger partial charge in [-0.05, 0) is 0 Å². The van der Waals surface area contributed by atoms with Crippen LogP contribution in [0.25, 0.3) is 0 Å². The van der Waals surface area contributed by atoms with E-state index in [0.29, 0.717) is 4.73 Å². The maximum absolute atomic E-state index is 5.30. The molecule has 1 saturated carbocycles. The van der Waals surface area contributed by atoms with Crippen LogP contribution in [-0.2, 0) is 0 Å². The van der Waals surface area contributed by atoms with Crippen molar-refractivity contribution in [3.05, 3.63) is 0 Å². The Balaban J connectivity index is 2.44. The molecule has 0 heterocycles. The van der Waals surface area contributed by atoms with Gasteiger partial charge in [0.25, 0.3) is 0 Å². The molecule has 1 rings (SSSR count). The summed E-state index contributed by atoms with van der Waals surface area (Å²) in [4.78, 5) is 0. The molecule has 0 aromatic carbocycles. The molecule has 11 heavy (non-hydrogen) atoms. The van der Waals surface area contributed by atoms with Gasteiger partial charge in [-0.3, -0.25) is 0 Å². The summed E-state index contributed by atoms with van der Waals surface area (Å²) in [6, 6.07) is 0. The summed E-state index contributed by atoms with van der Waals surface area (Å²) in [7, 11) is 0. The summed E-state index contributed by atoms with van der Waals surface area (Å²) in [6.07, 6.45) is 6.02. The van der Waals surface area contributed by atoms with Gasteiger partial charge in [-0.2, -0.15) is 0 Å². The van der Waals surface area contributed by atoms with Crippen molar-refractivity contribution in [1.82, 2.24) is 0 Å². The van der Waals surface area contributed by atoms with Crippen LogP contribution in [0.2, 0.25) is 0 Å². The Morgan fingerprint density at radius 1 is 1.27 bits per heavy atom. The molecule has 4 heteroatoms. The number of nitrogens with two attached hydrogens (primary N) is 1. The van der Waals surface area contributed by atoms with E-state index in [2.05, 4.69) is 26.2 Å². The monoisotopic (exact) mass is 218 g/mol. The van der Waals surface area contributed by atoms with Crippen molar-refractivity contribution in [3.8, 4) is 0 Å². The number of nitrogens with zero attached hydrogens (tertiary/aromatic N) is 2. The molecule has 1 radical (unpaired) electrons. The molecule has 0 aliphatic heterocycles. The summed E-state index contributed by atoms with van der Waals surface area (Å²) in [5.41, 5.74) is 6.49. The first-order valence-electron chi connectivity index (χ1n) is 3.85. The van der Waals surface area contributed by atoms with Gasteiger partial charge in [0.1, 0.15) is 0 Å². The minimum atomic E-state index is 0.420. The fourth-order valence-corrected chi connectivity index (χ4v) is 1.27. The number of rotatable bonds is 1. The first-order chi connectivity index (χ1) is 5.29. The summed E-state index contributed by atoms with van der Waals surface area (Å²) >= 11 is 2.60. The third kappa shape index (κ3) is 3.54. The maximum atomic E-state index is 5.30. The molecule has 2 N–H and O–H groups in total. The van der Waals surface area contributed by atoms with Crippen molar-refractivity contribution in [2.45, 2.75) is 32.1 Å². The molecule has 61 valence electrons. The molecule has 0 amide bonds. The molecule has 0 aromatic rings. The molecule has 1 fully saturated rings. The zero-order valence-electron chi connectivity index (χ0n) is 6.42. The van der Waals surface area contributed by atoms with Crippen molar-refractivity contribution in [3.63, 3.8) is 0 Å². The van der Waals surface area contributed by atoms with Gasteiger partial charge in [-0.25, -0.2) is 0 Å². The van der Waals surface area contributed by atoms with E-state index in [9.17, 15) is 0 Å². The predicted octanol–water partition coefficient (Wildman–Crippen LogP) is 0.790. The minimum absolute atomic E-state index is 0.420. The van der Waals surface area contributed by atoms with Crippen molar-refractivity contribution in [1.29, 1.82) is 0 Å².